The summed E-state index contributed by atoms with van der Waals surface area (Å²) in [4.78, 5) is 28.7. The number of carboxylic acid groups (broad SMARTS) is 1. The van der Waals surface area contributed by atoms with Crippen molar-refractivity contribution in [2.75, 3.05) is 0 Å². The van der Waals surface area contributed by atoms with Crippen LogP contribution in [0.3, 0.4) is 0 Å². The second-order valence-corrected chi connectivity index (χ2v) is 8.72. The van der Waals surface area contributed by atoms with Crippen LogP contribution in [-0.2, 0) is 11.3 Å². The molecule has 1 aliphatic carbocycles. The Morgan fingerprint density at radius 1 is 1.23 bits per heavy atom. The molecule has 2 N–H and O–H groups in total. The van der Waals surface area contributed by atoms with Crippen molar-refractivity contribution in [2.24, 2.45) is 5.92 Å². The SMILES string of the molecule is Cc1cc(-c2nnn(C[C@H]3CC[C@@H](NC(=O)OC(C)(C)C)CC3)n2)cc(C(=O)O)n1. The third-order valence-electron chi connectivity index (χ3n) is 4.87. The van der Waals surface area contributed by atoms with Crippen molar-refractivity contribution in [1.29, 1.82) is 0 Å². The van der Waals surface area contributed by atoms with Gasteiger partial charge in [0, 0.05) is 17.3 Å². The van der Waals surface area contributed by atoms with Gasteiger partial charge in [0.1, 0.15) is 11.3 Å². The van der Waals surface area contributed by atoms with Gasteiger partial charge in [-0.3, -0.25) is 0 Å². The minimum Gasteiger partial charge on any atom is -0.477 e. The quantitative estimate of drug-likeness (QED) is 0.760. The highest BCUT2D eigenvalue weighted by molar-refractivity contribution is 5.86. The Bertz CT molecular complexity index is 912. The van der Waals surface area contributed by atoms with Crippen LogP contribution in [0.25, 0.3) is 11.4 Å². The van der Waals surface area contributed by atoms with Gasteiger partial charge in [0.2, 0.25) is 5.82 Å². The smallest absolute Gasteiger partial charge is 0.407 e. The molecule has 0 saturated heterocycles. The highest BCUT2D eigenvalue weighted by Gasteiger charge is 2.25. The zero-order chi connectivity index (χ0) is 21.9. The molecule has 30 heavy (non-hydrogen) atoms. The van der Waals surface area contributed by atoms with Crippen molar-refractivity contribution < 1.29 is 19.4 Å². The molecular formula is C20H28N6O4. The molecule has 10 nitrogen and oxygen atoms in total. The first-order valence-electron chi connectivity index (χ1n) is 10.1. The van der Waals surface area contributed by atoms with E-state index in [0.717, 1.165) is 25.7 Å². The van der Waals surface area contributed by atoms with Gasteiger partial charge < -0.3 is 15.2 Å². The van der Waals surface area contributed by atoms with Crippen LogP contribution in [0.15, 0.2) is 12.1 Å². The number of nitrogens with zero attached hydrogens (tertiary/aromatic N) is 5. The predicted molar refractivity (Wildman–Crippen MR) is 108 cm³/mol. The maximum Gasteiger partial charge on any atom is 0.407 e. The number of carboxylic acids is 1. The number of aryl methyl sites for hydroxylation is 1. The first kappa shape index (κ1) is 21.7. The van der Waals surface area contributed by atoms with Crippen LogP contribution >= 0.6 is 0 Å². The van der Waals surface area contributed by atoms with E-state index in [-0.39, 0.29) is 17.8 Å². The summed E-state index contributed by atoms with van der Waals surface area (Å²) < 4.78 is 5.32. The fraction of sp³-hybridized carbons (Fsp3) is 0.600. The Morgan fingerprint density at radius 3 is 2.57 bits per heavy atom. The van der Waals surface area contributed by atoms with Crippen LogP contribution in [0, 0.1) is 12.8 Å². The number of nitrogens with one attached hydrogen (secondary N) is 1. The van der Waals surface area contributed by atoms with E-state index in [9.17, 15) is 14.7 Å². The van der Waals surface area contributed by atoms with E-state index in [0.29, 0.717) is 29.5 Å². The minimum atomic E-state index is -1.09. The van der Waals surface area contributed by atoms with Gasteiger partial charge in [-0.25, -0.2) is 14.6 Å². The fourth-order valence-electron chi connectivity index (χ4n) is 3.54. The number of aromatic carboxylic acids is 1. The summed E-state index contributed by atoms with van der Waals surface area (Å²) in [6.45, 7) is 7.89. The molecule has 3 rings (SSSR count). The lowest BCUT2D eigenvalue weighted by Crippen LogP contribution is -2.41. The van der Waals surface area contributed by atoms with E-state index in [4.69, 9.17) is 4.74 Å². The summed E-state index contributed by atoms with van der Waals surface area (Å²) in [6.07, 6.45) is 3.25. The van der Waals surface area contributed by atoms with Crippen molar-refractivity contribution in [1.82, 2.24) is 30.5 Å². The summed E-state index contributed by atoms with van der Waals surface area (Å²) in [6, 6.07) is 3.30. The molecular weight excluding hydrogens is 388 g/mol. The predicted octanol–water partition coefficient (Wildman–Crippen LogP) is 2.83. The average molecular weight is 416 g/mol. The van der Waals surface area contributed by atoms with Gasteiger partial charge in [-0.05, 0) is 76.6 Å². The number of pyridine rings is 1. The van der Waals surface area contributed by atoms with E-state index in [2.05, 4.69) is 25.7 Å². The van der Waals surface area contributed by atoms with Crippen molar-refractivity contribution in [3.63, 3.8) is 0 Å². The molecule has 0 aliphatic heterocycles. The van der Waals surface area contributed by atoms with Gasteiger partial charge in [0.15, 0.2) is 0 Å². The molecule has 1 amide bonds. The maximum absolute atomic E-state index is 11.9. The molecule has 0 atom stereocenters. The zero-order valence-electron chi connectivity index (χ0n) is 17.8. The van der Waals surface area contributed by atoms with Crippen LogP contribution in [-0.4, -0.2) is 54.0 Å². The summed E-state index contributed by atoms with van der Waals surface area (Å²) in [5.41, 5.74) is 0.613. The number of alkyl carbamates (subject to hydrolysis) is 1. The van der Waals surface area contributed by atoms with Gasteiger partial charge >= 0.3 is 12.1 Å². The highest BCUT2D eigenvalue weighted by atomic mass is 16.6. The molecule has 162 valence electrons. The van der Waals surface area contributed by atoms with E-state index >= 15 is 0 Å². The molecule has 0 radical (unpaired) electrons. The molecule has 1 saturated carbocycles. The molecule has 0 aromatic carbocycles. The lowest BCUT2D eigenvalue weighted by Gasteiger charge is -2.29. The number of hydrogen-bond donors (Lipinski definition) is 2. The molecule has 1 aliphatic rings. The second kappa shape index (κ2) is 8.76. The number of hydrogen-bond acceptors (Lipinski definition) is 7. The molecule has 0 spiro atoms. The van der Waals surface area contributed by atoms with Crippen LogP contribution in [0.1, 0.15) is 62.6 Å². The summed E-state index contributed by atoms with van der Waals surface area (Å²) in [5.74, 6) is -0.329. The van der Waals surface area contributed by atoms with Crippen LogP contribution < -0.4 is 5.32 Å². The molecule has 2 aromatic rings. The number of ether oxygens (including phenoxy) is 1. The van der Waals surface area contributed by atoms with Gasteiger partial charge in [0.25, 0.3) is 0 Å². The lowest BCUT2D eigenvalue weighted by molar-refractivity contribution is 0.0484. The van der Waals surface area contributed by atoms with Crippen LogP contribution in [0.4, 0.5) is 4.79 Å². The maximum atomic E-state index is 11.9. The third-order valence-corrected chi connectivity index (χ3v) is 4.87. The molecule has 0 unspecified atom stereocenters. The molecule has 0 bridgehead atoms. The second-order valence-electron chi connectivity index (χ2n) is 8.72. The van der Waals surface area contributed by atoms with Gasteiger partial charge in [-0.2, -0.15) is 4.80 Å². The number of aromatic nitrogens is 5. The van der Waals surface area contributed by atoms with Crippen molar-refractivity contribution >= 4 is 12.1 Å². The molecule has 2 aromatic heterocycles. The van der Waals surface area contributed by atoms with Crippen LogP contribution in [0.2, 0.25) is 0 Å². The number of carbonyl (C=O) groups is 2. The largest absolute Gasteiger partial charge is 0.477 e. The summed E-state index contributed by atoms with van der Waals surface area (Å²) >= 11 is 0. The number of carbonyl (C=O) groups excluding carboxylic acids is 1. The zero-order valence-corrected chi connectivity index (χ0v) is 17.8. The monoisotopic (exact) mass is 416 g/mol. The number of tetrazole rings is 1. The van der Waals surface area contributed by atoms with Gasteiger partial charge in [-0.15, -0.1) is 10.2 Å². The molecule has 2 heterocycles. The standard InChI is InChI=1S/C20H28N6O4/c1-12-9-14(10-16(21-12)18(27)28)17-23-25-26(24-17)11-13-5-7-15(8-6-13)22-19(29)30-20(2,3)4/h9-10,13,15H,5-8,11H2,1-4H3,(H,22,29)(H,27,28)/t13-,15+. The van der Waals surface area contributed by atoms with Crippen molar-refractivity contribution in [2.45, 2.75) is 71.6 Å². The van der Waals surface area contributed by atoms with E-state index < -0.39 is 11.6 Å². The summed E-state index contributed by atoms with van der Waals surface area (Å²) in [5, 5.41) is 24.7. The van der Waals surface area contributed by atoms with Crippen molar-refractivity contribution in [3.8, 4) is 11.4 Å². The first-order chi connectivity index (χ1) is 14.1. The number of rotatable bonds is 5. The Kier molecular flexibility index (Phi) is 6.33. The van der Waals surface area contributed by atoms with Crippen LogP contribution in [0.5, 0.6) is 0 Å². The van der Waals surface area contributed by atoms with Gasteiger partial charge in [-0.1, -0.05) is 0 Å². The van der Waals surface area contributed by atoms with Crippen molar-refractivity contribution in [3.05, 3.63) is 23.5 Å². The van der Waals surface area contributed by atoms with E-state index in [1.54, 1.807) is 17.8 Å². The summed E-state index contributed by atoms with van der Waals surface area (Å²) in [7, 11) is 0. The lowest BCUT2D eigenvalue weighted by atomic mass is 9.86. The first-order valence-corrected chi connectivity index (χ1v) is 10.1. The Balaban J connectivity index is 1.54. The normalized spacial score (nSPS) is 19.3. The highest BCUT2D eigenvalue weighted by Crippen LogP contribution is 2.26. The minimum absolute atomic E-state index is 0.0443. The van der Waals surface area contributed by atoms with E-state index in [1.807, 2.05) is 20.8 Å². The Hall–Kier alpha value is -3.04. The third kappa shape index (κ3) is 5.98. The number of amides is 1. The van der Waals surface area contributed by atoms with E-state index in [1.165, 1.54) is 6.07 Å². The average Bonchev–Trinajstić information content (AvgIpc) is 3.10. The molecule has 1 fully saturated rings. The Labute approximate surface area is 175 Å². The molecule has 10 heteroatoms. The Morgan fingerprint density at radius 2 is 1.93 bits per heavy atom. The topological polar surface area (TPSA) is 132 Å². The van der Waals surface area contributed by atoms with Gasteiger partial charge in [0.05, 0.1) is 6.54 Å². The fourth-order valence-corrected chi connectivity index (χ4v) is 3.54.